The standard InChI is InChI=1S/C20H25BrO3S/c1-3-13-4-6-14(7-5-13)8-18-12(2)19(21)20(25-18)17-10-15(23)9-16(11-22)24-17/h4-7,15-17,22-23H,3,8-11H2,1-2H3. The first kappa shape index (κ1) is 19.1. The highest BCUT2D eigenvalue weighted by Gasteiger charge is 2.32. The van der Waals surface area contributed by atoms with Crippen molar-refractivity contribution in [3.05, 3.63) is 55.2 Å². The maximum atomic E-state index is 10.1. The van der Waals surface area contributed by atoms with Gasteiger partial charge in [-0.1, -0.05) is 31.2 Å². The van der Waals surface area contributed by atoms with Crippen LogP contribution in [0.4, 0.5) is 0 Å². The summed E-state index contributed by atoms with van der Waals surface area (Å²) in [5.41, 5.74) is 3.90. The number of hydrogen-bond donors (Lipinski definition) is 2. The molecule has 3 atom stereocenters. The largest absolute Gasteiger partial charge is 0.394 e. The maximum absolute atomic E-state index is 10.1. The molecule has 1 aliphatic rings. The molecule has 0 radical (unpaired) electrons. The van der Waals surface area contributed by atoms with Crippen LogP contribution in [-0.2, 0) is 17.6 Å². The SMILES string of the molecule is CCc1ccc(Cc2sc(C3CC(O)CC(CO)O3)c(Br)c2C)cc1. The van der Waals surface area contributed by atoms with Crippen LogP contribution in [-0.4, -0.2) is 29.0 Å². The van der Waals surface area contributed by atoms with Gasteiger partial charge in [0.05, 0.1) is 24.9 Å². The van der Waals surface area contributed by atoms with Gasteiger partial charge < -0.3 is 14.9 Å². The number of aliphatic hydroxyl groups excluding tert-OH is 2. The molecule has 5 heteroatoms. The minimum absolute atomic E-state index is 0.0494. The van der Waals surface area contributed by atoms with Gasteiger partial charge in [0.1, 0.15) is 0 Å². The monoisotopic (exact) mass is 424 g/mol. The molecule has 0 saturated carbocycles. The summed E-state index contributed by atoms with van der Waals surface area (Å²) in [6.07, 6.45) is 2.18. The first-order chi connectivity index (χ1) is 12.0. The van der Waals surface area contributed by atoms with E-state index in [1.807, 2.05) is 0 Å². The Morgan fingerprint density at radius 1 is 1.20 bits per heavy atom. The van der Waals surface area contributed by atoms with Gasteiger partial charge in [0.25, 0.3) is 0 Å². The maximum Gasteiger partial charge on any atom is 0.0957 e. The van der Waals surface area contributed by atoms with Crippen molar-refractivity contribution in [2.45, 2.75) is 57.8 Å². The van der Waals surface area contributed by atoms with Gasteiger partial charge in [-0.2, -0.15) is 0 Å². The van der Waals surface area contributed by atoms with Gasteiger partial charge >= 0.3 is 0 Å². The number of hydrogen-bond acceptors (Lipinski definition) is 4. The number of rotatable bonds is 5. The summed E-state index contributed by atoms with van der Waals surface area (Å²) >= 11 is 5.47. The van der Waals surface area contributed by atoms with Crippen molar-refractivity contribution in [2.24, 2.45) is 0 Å². The van der Waals surface area contributed by atoms with Crippen LogP contribution in [0.5, 0.6) is 0 Å². The second-order valence-electron chi connectivity index (χ2n) is 6.73. The molecule has 2 N–H and O–H groups in total. The lowest BCUT2D eigenvalue weighted by atomic mass is 10.00. The zero-order valence-corrected chi connectivity index (χ0v) is 17.1. The van der Waals surface area contributed by atoms with Crippen LogP contribution >= 0.6 is 27.3 Å². The van der Waals surface area contributed by atoms with Gasteiger partial charge in [-0.25, -0.2) is 0 Å². The molecule has 2 aromatic rings. The number of aryl methyl sites for hydroxylation is 1. The lowest BCUT2D eigenvalue weighted by Gasteiger charge is -2.32. The third kappa shape index (κ3) is 4.34. The van der Waals surface area contributed by atoms with Gasteiger partial charge in [0, 0.05) is 33.5 Å². The Balaban J connectivity index is 1.81. The molecule has 25 heavy (non-hydrogen) atoms. The van der Waals surface area contributed by atoms with E-state index >= 15 is 0 Å². The van der Waals surface area contributed by atoms with Crippen molar-refractivity contribution >= 4 is 27.3 Å². The fraction of sp³-hybridized carbons (Fsp3) is 0.500. The van der Waals surface area contributed by atoms with E-state index in [1.165, 1.54) is 21.6 Å². The molecule has 3 unspecified atom stereocenters. The molecule has 2 heterocycles. The molecule has 0 aliphatic carbocycles. The highest BCUT2D eigenvalue weighted by Crippen LogP contribution is 2.43. The lowest BCUT2D eigenvalue weighted by molar-refractivity contribution is -0.112. The van der Waals surface area contributed by atoms with Crippen molar-refractivity contribution in [2.75, 3.05) is 6.61 Å². The van der Waals surface area contributed by atoms with Crippen LogP contribution in [0.15, 0.2) is 28.7 Å². The van der Waals surface area contributed by atoms with Crippen LogP contribution in [0.3, 0.4) is 0 Å². The summed E-state index contributed by atoms with van der Waals surface area (Å²) in [7, 11) is 0. The Labute approximate surface area is 161 Å². The third-order valence-corrected chi connectivity index (χ3v) is 7.54. The predicted octanol–water partition coefficient (Wildman–Crippen LogP) is 4.55. The van der Waals surface area contributed by atoms with E-state index in [0.717, 1.165) is 22.2 Å². The molecule has 3 nitrogen and oxygen atoms in total. The van der Waals surface area contributed by atoms with Crippen molar-refractivity contribution < 1.29 is 14.9 Å². The van der Waals surface area contributed by atoms with Gasteiger partial charge in [-0.15, -0.1) is 11.3 Å². The first-order valence-electron chi connectivity index (χ1n) is 8.81. The number of aliphatic hydroxyl groups is 2. The summed E-state index contributed by atoms with van der Waals surface area (Å²) in [5, 5.41) is 19.5. The zero-order chi connectivity index (χ0) is 18.0. The summed E-state index contributed by atoms with van der Waals surface area (Å²) in [6.45, 7) is 4.24. The first-order valence-corrected chi connectivity index (χ1v) is 10.4. The number of thiophene rings is 1. The van der Waals surface area contributed by atoms with Gasteiger partial charge in [0.2, 0.25) is 0 Å². The quantitative estimate of drug-likeness (QED) is 0.739. The van der Waals surface area contributed by atoms with E-state index in [0.29, 0.717) is 12.8 Å². The van der Waals surface area contributed by atoms with Crippen LogP contribution < -0.4 is 0 Å². The van der Waals surface area contributed by atoms with E-state index in [4.69, 9.17) is 4.74 Å². The van der Waals surface area contributed by atoms with Crippen LogP contribution in [0.2, 0.25) is 0 Å². The predicted molar refractivity (Wildman–Crippen MR) is 105 cm³/mol. The van der Waals surface area contributed by atoms with Crippen LogP contribution in [0, 0.1) is 6.92 Å². The summed E-state index contributed by atoms with van der Waals surface area (Å²) in [4.78, 5) is 2.44. The van der Waals surface area contributed by atoms with Crippen molar-refractivity contribution in [1.82, 2.24) is 0 Å². The summed E-state index contributed by atoms with van der Waals surface area (Å²) < 4.78 is 7.07. The van der Waals surface area contributed by atoms with E-state index in [-0.39, 0.29) is 18.8 Å². The fourth-order valence-corrected chi connectivity index (χ4v) is 5.45. The van der Waals surface area contributed by atoms with Crippen LogP contribution in [0.1, 0.15) is 52.3 Å². The van der Waals surface area contributed by atoms with Crippen molar-refractivity contribution in [1.29, 1.82) is 0 Å². The van der Waals surface area contributed by atoms with E-state index < -0.39 is 6.10 Å². The van der Waals surface area contributed by atoms with Gasteiger partial charge in [-0.3, -0.25) is 0 Å². The number of benzene rings is 1. The second kappa shape index (κ2) is 8.31. The third-order valence-electron chi connectivity index (χ3n) is 4.87. The molecule has 1 aromatic heterocycles. The molecule has 1 saturated heterocycles. The number of halogens is 1. The average Bonchev–Trinajstić information content (AvgIpc) is 2.90. The van der Waals surface area contributed by atoms with E-state index in [2.05, 4.69) is 54.0 Å². The number of ether oxygens (including phenoxy) is 1. The summed E-state index contributed by atoms with van der Waals surface area (Å²) in [5.74, 6) is 0. The van der Waals surface area contributed by atoms with Crippen LogP contribution in [0.25, 0.3) is 0 Å². The Morgan fingerprint density at radius 3 is 2.52 bits per heavy atom. The zero-order valence-electron chi connectivity index (χ0n) is 14.7. The van der Waals surface area contributed by atoms with E-state index in [9.17, 15) is 10.2 Å². The molecule has 1 aromatic carbocycles. The molecule has 0 spiro atoms. The van der Waals surface area contributed by atoms with Crippen molar-refractivity contribution in [3.63, 3.8) is 0 Å². The van der Waals surface area contributed by atoms with E-state index in [1.54, 1.807) is 11.3 Å². The Bertz CT molecular complexity index is 710. The van der Waals surface area contributed by atoms with Gasteiger partial charge in [0.15, 0.2) is 0 Å². The second-order valence-corrected chi connectivity index (χ2v) is 8.66. The molecular weight excluding hydrogens is 400 g/mol. The molecular formula is C20H25BrO3S. The summed E-state index contributed by atoms with van der Waals surface area (Å²) in [6, 6.07) is 8.80. The molecule has 0 bridgehead atoms. The highest BCUT2D eigenvalue weighted by atomic mass is 79.9. The highest BCUT2D eigenvalue weighted by molar-refractivity contribution is 9.10. The molecule has 1 aliphatic heterocycles. The fourth-order valence-electron chi connectivity index (χ4n) is 3.29. The Hall–Kier alpha value is -0.720. The van der Waals surface area contributed by atoms with Crippen molar-refractivity contribution in [3.8, 4) is 0 Å². The molecule has 3 rings (SSSR count). The smallest absolute Gasteiger partial charge is 0.0957 e. The Morgan fingerprint density at radius 2 is 1.88 bits per heavy atom. The molecule has 1 fully saturated rings. The lowest BCUT2D eigenvalue weighted by Crippen LogP contribution is -2.33. The Kier molecular flexibility index (Phi) is 6.34. The van der Waals surface area contributed by atoms with Gasteiger partial charge in [-0.05, 0) is 46.0 Å². The molecule has 0 amide bonds. The molecule has 136 valence electrons. The average molecular weight is 425 g/mol. The normalized spacial score (nSPS) is 23.8. The topological polar surface area (TPSA) is 49.7 Å². The minimum atomic E-state index is -0.421. The minimum Gasteiger partial charge on any atom is -0.394 e.